The van der Waals surface area contributed by atoms with Crippen LogP contribution in [0.4, 0.5) is 4.39 Å². The Morgan fingerprint density at radius 1 is 1.08 bits per heavy atom. The largest absolute Gasteiger partial charge is 0.496 e. The maximum atomic E-state index is 13.4. The number of nitrogens with one attached hydrogen (secondary N) is 1. The van der Waals surface area contributed by atoms with Crippen molar-refractivity contribution in [2.24, 2.45) is 0 Å². The average Bonchev–Trinajstić information content (AvgIpc) is 3.54. The van der Waals surface area contributed by atoms with Crippen LogP contribution in [0, 0.1) is 12.7 Å². The normalized spacial score (nSPS) is 12.8. The Kier molecular flexibility index (Phi) is 6.87. The Labute approximate surface area is 217 Å². The second-order valence-electron chi connectivity index (χ2n) is 8.57. The van der Waals surface area contributed by atoms with E-state index in [0.717, 1.165) is 27.0 Å². The molecule has 7 nitrogen and oxygen atoms in total. The Balaban J connectivity index is 1.45. The predicted octanol–water partition coefficient (Wildman–Crippen LogP) is 5.88. The van der Waals surface area contributed by atoms with Crippen LogP contribution in [-0.4, -0.2) is 33.8 Å². The van der Waals surface area contributed by atoms with Crippen molar-refractivity contribution in [3.05, 3.63) is 100 Å². The molecule has 0 saturated heterocycles. The first-order chi connectivity index (χ1) is 17.9. The molecular formula is C28H25FN4O3S. The standard InChI is InChI=1S/C28H25FN4O3S/c1-17-15-30-28(37-17)27(34)32-18(2)26(23-6-4-5-7-25(23)35-3)36-22-12-13-24-19(14-22)16-31-33(24)21-10-8-20(29)9-11-21/h4-16,18,26H,1-3H3,(H,32,34). The number of benzene rings is 3. The number of hydrogen-bond acceptors (Lipinski definition) is 6. The summed E-state index contributed by atoms with van der Waals surface area (Å²) in [6.07, 6.45) is 2.87. The van der Waals surface area contributed by atoms with Crippen LogP contribution < -0.4 is 14.8 Å². The molecule has 3 aromatic carbocycles. The minimum absolute atomic E-state index is 0.259. The van der Waals surface area contributed by atoms with Crippen LogP contribution in [0.15, 0.2) is 79.1 Å². The molecule has 0 radical (unpaired) electrons. The number of halogens is 1. The first-order valence-corrected chi connectivity index (χ1v) is 12.5. The van der Waals surface area contributed by atoms with E-state index in [1.54, 1.807) is 36.3 Å². The number of fused-ring (bicyclic) bond motifs is 1. The van der Waals surface area contributed by atoms with Crippen LogP contribution in [-0.2, 0) is 0 Å². The van der Waals surface area contributed by atoms with Gasteiger partial charge in [0.1, 0.15) is 23.4 Å². The molecule has 37 heavy (non-hydrogen) atoms. The van der Waals surface area contributed by atoms with Crippen LogP contribution in [0.5, 0.6) is 11.5 Å². The van der Waals surface area contributed by atoms with Crippen molar-refractivity contribution in [3.63, 3.8) is 0 Å². The number of carbonyl (C=O) groups is 1. The molecule has 5 aromatic rings. The zero-order valence-electron chi connectivity index (χ0n) is 20.5. The third-order valence-corrected chi connectivity index (χ3v) is 6.86. The molecule has 0 spiro atoms. The van der Waals surface area contributed by atoms with E-state index in [-0.39, 0.29) is 11.7 Å². The van der Waals surface area contributed by atoms with Crippen molar-refractivity contribution < 1.29 is 18.7 Å². The van der Waals surface area contributed by atoms with Gasteiger partial charge in [-0.1, -0.05) is 18.2 Å². The maximum Gasteiger partial charge on any atom is 0.280 e. The SMILES string of the molecule is COc1ccccc1C(Oc1ccc2c(cnn2-c2ccc(F)cc2)c1)C(C)NC(=O)c1ncc(C)s1. The van der Waals surface area contributed by atoms with Gasteiger partial charge in [-0.15, -0.1) is 11.3 Å². The summed E-state index contributed by atoms with van der Waals surface area (Å²) in [4.78, 5) is 18.0. The van der Waals surface area contributed by atoms with Crippen molar-refractivity contribution in [2.75, 3.05) is 7.11 Å². The quantitative estimate of drug-likeness (QED) is 0.279. The summed E-state index contributed by atoms with van der Waals surface area (Å²) in [6, 6.07) is 19.0. The van der Waals surface area contributed by atoms with Crippen molar-refractivity contribution >= 4 is 28.1 Å². The fourth-order valence-corrected chi connectivity index (χ4v) is 4.83. The molecule has 0 aliphatic rings. The molecule has 0 aliphatic heterocycles. The molecule has 0 fully saturated rings. The number of nitrogens with zero attached hydrogens (tertiary/aromatic N) is 3. The highest BCUT2D eigenvalue weighted by Gasteiger charge is 2.27. The van der Waals surface area contributed by atoms with E-state index in [9.17, 15) is 9.18 Å². The zero-order chi connectivity index (χ0) is 25.9. The number of amides is 1. The van der Waals surface area contributed by atoms with Gasteiger partial charge in [-0.3, -0.25) is 4.79 Å². The summed E-state index contributed by atoms with van der Waals surface area (Å²) in [5, 5.41) is 8.75. The third kappa shape index (κ3) is 5.17. The van der Waals surface area contributed by atoms with Gasteiger partial charge < -0.3 is 14.8 Å². The molecule has 2 unspecified atom stereocenters. The van der Waals surface area contributed by atoms with Crippen LogP contribution in [0.1, 0.15) is 33.3 Å². The number of aryl methyl sites for hydroxylation is 1. The highest BCUT2D eigenvalue weighted by molar-refractivity contribution is 7.13. The molecule has 0 aliphatic carbocycles. The molecule has 188 valence electrons. The number of rotatable bonds is 8. The number of hydrogen-bond donors (Lipinski definition) is 1. The van der Waals surface area contributed by atoms with Gasteiger partial charge in [0.2, 0.25) is 0 Å². The summed E-state index contributed by atoms with van der Waals surface area (Å²) >= 11 is 1.34. The van der Waals surface area contributed by atoms with E-state index < -0.39 is 12.1 Å². The fraction of sp³-hybridized carbons (Fsp3) is 0.179. The summed E-state index contributed by atoms with van der Waals surface area (Å²) < 4.78 is 27.2. The summed E-state index contributed by atoms with van der Waals surface area (Å²) in [5.41, 5.74) is 2.41. The van der Waals surface area contributed by atoms with E-state index in [1.165, 1.54) is 23.5 Å². The molecule has 1 N–H and O–H groups in total. The van der Waals surface area contributed by atoms with E-state index in [2.05, 4.69) is 15.4 Å². The number of thiazole rings is 1. The number of aromatic nitrogens is 3. The lowest BCUT2D eigenvalue weighted by Crippen LogP contribution is -2.39. The second kappa shape index (κ2) is 10.4. The van der Waals surface area contributed by atoms with Crippen LogP contribution in [0.25, 0.3) is 16.6 Å². The Morgan fingerprint density at radius 2 is 1.86 bits per heavy atom. The van der Waals surface area contributed by atoms with E-state index in [0.29, 0.717) is 16.5 Å². The number of carbonyl (C=O) groups excluding carboxylic acids is 1. The van der Waals surface area contributed by atoms with Gasteiger partial charge in [-0.05, 0) is 62.4 Å². The van der Waals surface area contributed by atoms with E-state index >= 15 is 0 Å². The van der Waals surface area contributed by atoms with Gasteiger partial charge in [0.05, 0.1) is 30.6 Å². The van der Waals surface area contributed by atoms with Crippen LogP contribution in [0.3, 0.4) is 0 Å². The molecule has 2 aromatic heterocycles. The van der Waals surface area contributed by atoms with Crippen LogP contribution in [0.2, 0.25) is 0 Å². The lowest BCUT2D eigenvalue weighted by atomic mass is 10.0. The van der Waals surface area contributed by atoms with Gasteiger partial charge in [0.15, 0.2) is 5.01 Å². The summed E-state index contributed by atoms with van der Waals surface area (Å²) in [7, 11) is 1.60. The predicted molar refractivity (Wildman–Crippen MR) is 141 cm³/mol. The Bertz CT molecular complexity index is 1550. The average molecular weight is 517 g/mol. The molecule has 0 bridgehead atoms. The molecule has 9 heteroatoms. The zero-order valence-corrected chi connectivity index (χ0v) is 21.3. The van der Waals surface area contributed by atoms with Crippen molar-refractivity contribution in [3.8, 4) is 17.2 Å². The topological polar surface area (TPSA) is 78.3 Å². The third-order valence-electron chi connectivity index (χ3n) is 5.95. The first kappa shape index (κ1) is 24.5. The Morgan fingerprint density at radius 3 is 2.59 bits per heavy atom. The lowest BCUT2D eigenvalue weighted by Gasteiger charge is -2.27. The minimum atomic E-state index is -0.550. The molecule has 2 heterocycles. The monoisotopic (exact) mass is 516 g/mol. The van der Waals surface area contributed by atoms with E-state index in [1.807, 2.05) is 56.3 Å². The maximum absolute atomic E-state index is 13.4. The molecule has 0 saturated carbocycles. The molecule has 5 rings (SSSR count). The van der Waals surface area contributed by atoms with Gasteiger partial charge in [-0.2, -0.15) is 5.10 Å². The van der Waals surface area contributed by atoms with E-state index in [4.69, 9.17) is 9.47 Å². The van der Waals surface area contributed by atoms with Gasteiger partial charge in [-0.25, -0.2) is 14.1 Å². The molecule has 1 amide bonds. The first-order valence-electron chi connectivity index (χ1n) is 11.7. The lowest BCUT2D eigenvalue weighted by molar-refractivity contribution is 0.0879. The highest BCUT2D eigenvalue weighted by Crippen LogP contribution is 2.33. The number of ether oxygens (including phenoxy) is 2. The summed E-state index contributed by atoms with van der Waals surface area (Å²) in [5.74, 6) is 0.701. The second-order valence-corrected chi connectivity index (χ2v) is 9.81. The molecule has 2 atom stereocenters. The summed E-state index contributed by atoms with van der Waals surface area (Å²) in [6.45, 7) is 3.80. The Hall–Kier alpha value is -4.24. The fourth-order valence-electron chi connectivity index (χ4n) is 4.16. The van der Waals surface area contributed by atoms with Crippen LogP contribution >= 0.6 is 11.3 Å². The van der Waals surface area contributed by atoms with Crippen molar-refractivity contribution in [1.29, 1.82) is 0 Å². The number of methoxy groups -OCH3 is 1. The molecular weight excluding hydrogens is 491 g/mol. The van der Waals surface area contributed by atoms with Crippen molar-refractivity contribution in [1.82, 2.24) is 20.1 Å². The van der Waals surface area contributed by atoms with Gasteiger partial charge >= 0.3 is 0 Å². The van der Waals surface area contributed by atoms with Gasteiger partial charge in [0.25, 0.3) is 5.91 Å². The van der Waals surface area contributed by atoms with Crippen molar-refractivity contribution in [2.45, 2.75) is 26.0 Å². The highest BCUT2D eigenvalue weighted by atomic mass is 32.1. The van der Waals surface area contributed by atoms with Gasteiger partial charge in [0, 0.05) is 22.0 Å². The number of para-hydroxylation sites is 1. The minimum Gasteiger partial charge on any atom is -0.496 e. The smallest absolute Gasteiger partial charge is 0.280 e.